The van der Waals surface area contributed by atoms with Crippen LogP contribution in [-0.4, -0.2) is 32.1 Å². The van der Waals surface area contributed by atoms with Crippen molar-refractivity contribution < 1.29 is 9.53 Å². The van der Waals surface area contributed by atoms with Gasteiger partial charge < -0.3 is 9.64 Å². The molecule has 3 heteroatoms. The van der Waals surface area contributed by atoms with Gasteiger partial charge in [0.15, 0.2) is 0 Å². The molecule has 0 aliphatic carbocycles. The maximum Gasteiger partial charge on any atom is 0.353 e. The molecule has 0 aliphatic rings. The molecule has 0 amide bonds. The van der Waals surface area contributed by atoms with E-state index < -0.39 is 0 Å². The molecule has 0 aromatic carbocycles. The van der Waals surface area contributed by atoms with E-state index in [1.807, 2.05) is 27.1 Å². The maximum absolute atomic E-state index is 11.0. The first-order valence-corrected chi connectivity index (χ1v) is 3.59. The number of rotatable bonds is 3. The average Bonchev–Trinajstić information content (AvgIpc) is 1.98. The Labute approximate surface area is 67.6 Å². The molecule has 0 aromatic heterocycles. The molecule has 0 aliphatic heterocycles. The number of nitrogens with zero attached hydrogens (tertiary/aromatic N) is 1. The molecule has 64 valence electrons. The third kappa shape index (κ3) is 3.07. The van der Waals surface area contributed by atoms with Crippen LogP contribution >= 0.6 is 0 Å². The highest BCUT2D eigenvalue weighted by Crippen LogP contribution is 2.01. The predicted molar refractivity (Wildman–Crippen MR) is 44.1 cm³/mol. The summed E-state index contributed by atoms with van der Waals surface area (Å²) in [6, 6.07) is 0. The molecule has 3 nitrogen and oxygen atoms in total. The lowest BCUT2D eigenvalue weighted by Crippen LogP contribution is -2.20. The number of likely N-dealkylation sites (N-methyl/N-ethyl adjacent to an activating group) is 1. The second-order valence-electron chi connectivity index (χ2n) is 2.38. The van der Waals surface area contributed by atoms with Crippen molar-refractivity contribution in [2.24, 2.45) is 0 Å². The Balaban J connectivity index is 4.34. The quantitative estimate of drug-likeness (QED) is 0.452. The summed E-state index contributed by atoms with van der Waals surface area (Å²) < 4.78 is 4.58. The van der Waals surface area contributed by atoms with Crippen LogP contribution in [-0.2, 0) is 9.53 Å². The fourth-order valence-corrected chi connectivity index (χ4v) is 0.746. The van der Waals surface area contributed by atoms with Gasteiger partial charge in [-0.3, -0.25) is 0 Å². The van der Waals surface area contributed by atoms with Gasteiger partial charge in [0.25, 0.3) is 0 Å². The van der Waals surface area contributed by atoms with E-state index in [0.717, 1.165) is 6.42 Å². The van der Waals surface area contributed by atoms with Gasteiger partial charge in [-0.05, 0) is 6.42 Å². The fraction of sp³-hybridized carbons (Fsp3) is 0.625. The Hall–Kier alpha value is -0.990. The van der Waals surface area contributed by atoms with Crippen molar-refractivity contribution in [1.82, 2.24) is 4.90 Å². The highest BCUT2D eigenvalue weighted by molar-refractivity contribution is 5.87. The molecule has 0 spiro atoms. The van der Waals surface area contributed by atoms with Crippen molar-refractivity contribution >= 4 is 5.97 Å². The molecule has 0 saturated carbocycles. The molecule has 0 atom stereocenters. The van der Waals surface area contributed by atoms with Gasteiger partial charge in [0, 0.05) is 14.1 Å². The Bertz CT molecular complexity index is 161. The van der Waals surface area contributed by atoms with E-state index in [1.165, 1.54) is 7.11 Å². The van der Waals surface area contributed by atoms with Gasteiger partial charge in [-0.1, -0.05) is 13.0 Å². The van der Waals surface area contributed by atoms with Crippen LogP contribution in [0.25, 0.3) is 0 Å². The molecule has 0 rings (SSSR count). The number of esters is 1. The number of carbonyl (C=O) groups excluding carboxylic acids is 1. The summed E-state index contributed by atoms with van der Waals surface area (Å²) in [6.07, 6.45) is 2.68. The van der Waals surface area contributed by atoms with E-state index in [1.54, 1.807) is 4.90 Å². The van der Waals surface area contributed by atoms with Gasteiger partial charge >= 0.3 is 5.97 Å². The SMILES string of the molecule is CC/C=C(\C(=O)OC)N(C)C. The summed E-state index contributed by atoms with van der Waals surface area (Å²) in [5, 5.41) is 0. The first-order chi connectivity index (χ1) is 5.13. The van der Waals surface area contributed by atoms with Crippen LogP contribution in [0.1, 0.15) is 13.3 Å². The summed E-state index contributed by atoms with van der Waals surface area (Å²) in [4.78, 5) is 12.8. The van der Waals surface area contributed by atoms with Crippen LogP contribution in [0.15, 0.2) is 11.8 Å². The highest BCUT2D eigenvalue weighted by atomic mass is 16.5. The smallest absolute Gasteiger partial charge is 0.353 e. The molecular weight excluding hydrogens is 142 g/mol. The Morgan fingerprint density at radius 1 is 1.55 bits per heavy atom. The number of allylic oxidation sites excluding steroid dienone is 1. The predicted octanol–water partition coefficient (Wildman–Crippen LogP) is 1.01. The normalized spacial score (nSPS) is 11.1. The number of ether oxygens (including phenoxy) is 1. The number of hydrogen-bond donors (Lipinski definition) is 0. The number of methoxy groups -OCH3 is 1. The topological polar surface area (TPSA) is 29.5 Å². The molecule has 0 heterocycles. The first-order valence-electron chi connectivity index (χ1n) is 3.59. The summed E-state index contributed by atoms with van der Waals surface area (Å²) in [5.74, 6) is -0.281. The molecule has 0 fully saturated rings. The summed E-state index contributed by atoms with van der Waals surface area (Å²) >= 11 is 0. The summed E-state index contributed by atoms with van der Waals surface area (Å²) in [7, 11) is 5.02. The summed E-state index contributed by atoms with van der Waals surface area (Å²) in [5.41, 5.74) is 0.606. The van der Waals surface area contributed by atoms with Crippen LogP contribution in [0.5, 0.6) is 0 Å². The van der Waals surface area contributed by atoms with E-state index in [0.29, 0.717) is 5.70 Å². The monoisotopic (exact) mass is 157 g/mol. The van der Waals surface area contributed by atoms with E-state index in [-0.39, 0.29) is 5.97 Å². The van der Waals surface area contributed by atoms with Crippen molar-refractivity contribution in [1.29, 1.82) is 0 Å². The molecule has 0 saturated heterocycles. The fourth-order valence-electron chi connectivity index (χ4n) is 0.746. The average molecular weight is 157 g/mol. The first kappa shape index (κ1) is 10.0. The Kier molecular flexibility index (Phi) is 4.34. The van der Waals surface area contributed by atoms with Crippen molar-refractivity contribution in [3.63, 3.8) is 0 Å². The maximum atomic E-state index is 11.0. The van der Waals surface area contributed by atoms with E-state index in [4.69, 9.17) is 0 Å². The second-order valence-corrected chi connectivity index (χ2v) is 2.38. The molecular formula is C8H15NO2. The molecule has 0 radical (unpaired) electrons. The van der Waals surface area contributed by atoms with Gasteiger partial charge in [0.1, 0.15) is 5.70 Å². The van der Waals surface area contributed by atoms with Gasteiger partial charge in [0.2, 0.25) is 0 Å². The van der Waals surface area contributed by atoms with Gasteiger partial charge in [-0.2, -0.15) is 0 Å². The van der Waals surface area contributed by atoms with Crippen LogP contribution in [0.2, 0.25) is 0 Å². The minimum absolute atomic E-state index is 0.281. The minimum Gasteiger partial charge on any atom is -0.464 e. The number of carbonyl (C=O) groups is 1. The van der Waals surface area contributed by atoms with Crippen LogP contribution < -0.4 is 0 Å². The van der Waals surface area contributed by atoms with Gasteiger partial charge in [-0.25, -0.2) is 4.79 Å². The number of hydrogen-bond acceptors (Lipinski definition) is 3. The minimum atomic E-state index is -0.281. The van der Waals surface area contributed by atoms with E-state index in [2.05, 4.69) is 4.74 Å². The van der Waals surface area contributed by atoms with E-state index in [9.17, 15) is 4.79 Å². The lowest BCUT2D eigenvalue weighted by Gasteiger charge is -2.14. The lowest BCUT2D eigenvalue weighted by molar-refractivity contribution is -0.137. The molecule has 0 unspecified atom stereocenters. The van der Waals surface area contributed by atoms with Crippen molar-refractivity contribution in [2.75, 3.05) is 21.2 Å². The molecule has 0 aromatic rings. The zero-order chi connectivity index (χ0) is 8.85. The Morgan fingerprint density at radius 2 is 2.09 bits per heavy atom. The molecule has 0 bridgehead atoms. The second kappa shape index (κ2) is 4.77. The molecule has 0 N–H and O–H groups in total. The zero-order valence-corrected chi connectivity index (χ0v) is 7.55. The van der Waals surface area contributed by atoms with Crippen LogP contribution in [0.4, 0.5) is 0 Å². The van der Waals surface area contributed by atoms with Crippen LogP contribution in [0.3, 0.4) is 0 Å². The summed E-state index contributed by atoms with van der Waals surface area (Å²) in [6.45, 7) is 1.98. The van der Waals surface area contributed by atoms with Gasteiger partial charge in [-0.15, -0.1) is 0 Å². The lowest BCUT2D eigenvalue weighted by atomic mass is 10.3. The highest BCUT2D eigenvalue weighted by Gasteiger charge is 2.09. The Morgan fingerprint density at radius 3 is 2.36 bits per heavy atom. The largest absolute Gasteiger partial charge is 0.464 e. The van der Waals surface area contributed by atoms with Crippen molar-refractivity contribution in [3.05, 3.63) is 11.8 Å². The third-order valence-electron chi connectivity index (χ3n) is 1.27. The van der Waals surface area contributed by atoms with Gasteiger partial charge in [0.05, 0.1) is 7.11 Å². The van der Waals surface area contributed by atoms with Crippen molar-refractivity contribution in [3.8, 4) is 0 Å². The van der Waals surface area contributed by atoms with Crippen molar-refractivity contribution in [2.45, 2.75) is 13.3 Å². The van der Waals surface area contributed by atoms with E-state index >= 15 is 0 Å². The van der Waals surface area contributed by atoms with Crippen LogP contribution in [0, 0.1) is 0 Å². The standard InChI is InChI=1S/C8H15NO2/c1-5-6-7(9(2)3)8(10)11-4/h6H,5H2,1-4H3/b7-6+. The zero-order valence-electron chi connectivity index (χ0n) is 7.55. The third-order valence-corrected chi connectivity index (χ3v) is 1.27. The molecule has 11 heavy (non-hydrogen) atoms.